The molecule has 0 bridgehead atoms. The van der Waals surface area contributed by atoms with Crippen LogP contribution in [0.25, 0.3) is 11.0 Å². The van der Waals surface area contributed by atoms with Gasteiger partial charge in [-0.05, 0) is 37.1 Å². The van der Waals surface area contributed by atoms with Crippen LogP contribution in [-0.2, 0) is 21.4 Å². The molecule has 3 amide bonds. The molecule has 3 atom stereocenters. The van der Waals surface area contributed by atoms with Crippen LogP contribution in [0.5, 0.6) is 0 Å². The number of imidazole rings is 1. The Labute approximate surface area is 171 Å². The lowest BCUT2D eigenvalue weighted by Crippen LogP contribution is -2.44. The number of carbonyl (C=O) groups is 3. The molecular weight excluding hydrogens is 393 g/mol. The Morgan fingerprint density at radius 3 is 2.67 bits per heavy atom. The van der Waals surface area contributed by atoms with E-state index in [0.29, 0.717) is 24.0 Å². The summed E-state index contributed by atoms with van der Waals surface area (Å²) >= 11 is 0. The first-order chi connectivity index (χ1) is 14.3. The number of aryl methyl sites for hydroxylation is 1. The molecule has 160 valence electrons. The summed E-state index contributed by atoms with van der Waals surface area (Å²) in [5, 5.41) is 2.28. The van der Waals surface area contributed by atoms with Gasteiger partial charge in [0.15, 0.2) is 0 Å². The summed E-state index contributed by atoms with van der Waals surface area (Å²) in [5.41, 5.74) is 6.79. The van der Waals surface area contributed by atoms with Gasteiger partial charge in [0.1, 0.15) is 12.2 Å². The smallest absolute Gasteiger partial charge is 0.329 e. The van der Waals surface area contributed by atoms with Crippen molar-refractivity contribution in [3.63, 3.8) is 0 Å². The summed E-state index contributed by atoms with van der Waals surface area (Å²) in [6.45, 7) is 0.722. The number of nitrogens with zero attached hydrogens (tertiary/aromatic N) is 3. The molecule has 0 spiro atoms. The van der Waals surface area contributed by atoms with Gasteiger partial charge in [-0.1, -0.05) is 6.07 Å². The standard InChI is InChI=1S/C20H24FN5O4/c1-24-16-8-11(12-6-7-25(9-13(12)21)10-17(22)27)2-3-14(16)26(20(24)30)15-4-5-18(28)23-19(15)29/h2-3,8,12-13,15H,4-7,9-10H2,1H3,(H2,22,27)(H,23,28,29). The first-order valence-corrected chi connectivity index (χ1v) is 9.95. The maximum atomic E-state index is 14.8. The van der Waals surface area contributed by atoms with Gasteiger partial charge in [-0.25, -0.2) is 9.18 Å². The van der Waals surface area contributed by atoms with Crippen molar-refractivity contribution in [2.24, 2.45) is 12.8 Å². The number of halogens is 1. The summed E-state index contributed by atoms with van der Waals surface area (Å²) in [4.78, 5) is 49.4. The number of nitrogens with two attached hydrogens (primary N) is 1. The summed E-state index contributed by atoms with van der Waals surface area (Å²) in [7, 11) is 1.61. The topological polar surface area (TPSA) is 119 Å². The Hall–Kier alpha value is -3.01. The molecule has 1 aromatic heterocycles. The van der Waals surface area contributed by atoms with Crippen molar-refractivity contribution in [3.05, 3.63) is 34.2 Å². The van der Waals surface area contributed by atoms with Crippen LogP contribution in [0.4, 0.5) is 4.39 Å². The van der Waals surface area contributed by atoms with Gasteiger partial charge >= 0.3 is 5.69 Å². The SMILES string of the molecule is Cn1c(=O)n(C2CCC(=O)NC2=O)c2ccc(C3CCN(CC(N)=O)CC3F)cc21. The third-order valence-corrected chi connectivity index (χ3v) is 6.07. The number of primary amides is 1. The lowest BCUT2D eigenvalue weighted by molar-refractivity contribution is -0.135. The second-order valence-corrected chi connectivity index (χ2v) is 8.04. The molecule has 2 aliphatic heterocycles. The van der Waals surface area contributed by atoms with E-state index in [4.69, 9.17) is 5.73 Å². The van der Waals surface area contributed by atoms with Gasteiger partial charge in [-0.2, -0.15) is 0 Å². The van der Waals surface area contributed by atoms with E-state index in [1.54, 1.807) is 30.1 Å². The number of piperidine rings is 2. The molecule has 9 nitrogen and oxygen atoms in total. The number of aromatic nitrogens is 2. The molecule has 1 aromatic carbocycles. The molecule has 10 heteroatoms. The van der Waals surface area contributed by atoms with Crippen molar-refractivity contribution in [1.82, 2.24) is 19.4 Å². The fourth-order valence-corrected chi connectivity index (χ4v) is 4.55. The van der Waals surface area contributed by atoms with Gasteiger partial charge in [0, 0.05) is 25.9 Å². The average Bonchev–Trinajstić information content (AvgIpc) is 2.92. The molecule has 2 saturated heterocycles. The van der Waals surface area contributed by atoms with E-state index >= 15 is 0 Å². The van der Waals surface area contributed by atoms with Gasteiger partial charge in [-0.15, -0.1) is 0 Å². The van der Waals surface area contributed by atoms with E-state index in [9.17, 15) is 23.6 Å². The Kier molecular flexibility index (Phi) is 5.19. The van der Waals surface area contributed by atoms with Crippen LogP contribution in [0.1, 0.15) is 36.8 Å². The zero-order valence-electron chi connectivity index (χ0n) is 16.6. The lowest BCUT2D eigenvalue weighted by atomic mass is 9.87. The number of likely N-dealkylation sites (tertiary alicyclic amines) is 1. The molecule has 0 aliphatic carbocycles. The molecule has 2 fully saturated rings. The van der Waals surface area contributed by atoms with Crippen LogP contribution in [-0.4, -0.2) is 57.6 Å². The fourth-order valence-electron chi connectivity index (χ4n) is 4.55. The van der Waals surface area contributed by atoms with Crippen molar-refractivity contribution < 1.29 is 18.8 Å². The van der Waals surface area contributed by atoms with Crippen LogP contribution >= 0.6 is 0 Å². The molecule has 0 radical (unpaired) electrons. The molecule has 3 unspecified atom stereocenters. The number of alkyl halides is 1. The van der Waals surface area contributed by atoms with Crippen molar-refractivity contribution in [3.8, 4) is 0 Å². The van der Waals surface area contributed by atoms with Gasteiger partial charge < -0.3 is 5.73 Å². The number of carbonyl (C=O) groups excluding carboxylic acids is 3. The highest BCUT2D eigenvalue weighted by Crippen LogP contribution is 2.33. The monoisotopic (exact) mass is 417 g/mol. The van der Waals surface area contributed by atoms with Crippen LogP contribution in [0, 0.1) is 0 Å². The second kappa shape index (κ2) is 7.67. The minimum Gasteiger partial charge on any atom is -0.369 e. The largest absolute Gasteiger partial charge is 0.369 e. The molecular formula is C20H24FN5O4. The Bertz CT molecular complexity index is 1090. The van der Waals surface area contributed by atoms with Gasteiger partial charge in [0.2, 0.25) is 17.7 Å². The summed E-state index contributed by atoms with van der Waals surface area (Å²) < 4.78 is 17.7. The van der Waals surface area contributed by atoms with Gasteiger partial charge in [0.25, 0.3) is 0 Å². The minimum atomic E-state index is -1.16. The summed E-state index contributed by atoms with van der Waals surface area (Å²) in [5.74, 6) is -1.67. The van der Waals surface area contributed by atoms with E-state index in [2.05, 4.69) is 5.32 Å². The van der Waals surface area contributed by atoms with Gasteiger partial charge in [0.05, 0.1) is 17.6 Å². The van der Waals surface area contributed by atoms with E-state index in [1.165, 1.54) is 9.13 Å². The average molecular weight is 417 g/mol. The Morgan fingerprint density at radius 2 is 2.00 bits per heavy atom. The number of benzene rings is 1. The first-order valence-electron chi connectivity index (χ1n) is 9.95. The summed E-state index contributed by atoms with van der Waals surface area (Å²) in [6, 6.07) is 4.56. The highest BCUT2D eigenvalue weighted by molar-refractivity contribution is 6.00. The normalized spacial score (nSPS) is 25.5. The first kappa shape index (κ1) is 20.3. The highest BCUT2D eigenvalue weighted by Gasteiger charge is 2.33. The number of hydrogen-bond donors (Lipinski definition) is 2. The number of fused-ring (bicyclic) bond motifs is 1. The van der Waals surface area contributed by atoms with Crippen molar-refractivity contribution in [2.75, 3.05) is 19.6 Å². The Balaban J connectivity index is 1.65. The number of nitrogens with one attached hydrogen (secondary N) is 1. The third-order valence-electron chi connectivity index (χ3n) is 6.07. The minimum absolute atomic E-state index is 0.0372. The molecule has 2 aliphatic rings. The zero-order valence-corrected chi connectivity index (χ0v) is 16.6. The maximum Gasteiger partial charge on any atom is 0.329 e. The molecule has 3 heterocycles. The Morgan fingerprint density at radius 1 is 1.23 bits per heavy atom. The number of amides is 3. The number of rotatable bonds is 4. The molecule has 3 N–H and O–H groups in total. The predicted molar refractivity (Wildman–Crippen MR) is 106 cm³/mol. The second-order valence-electron chi connectivity index (χ2n) is 8.04. The third kappa shape index (κ3) is 3.51. The van der Waals surface area contributed by atoms with E-state index in [0.717, 1.165) is 5.56 Å². The van der Waals surface area contributed by atoms with E-state index in [1.807, 2.05) is 0 Å². The molecule has 4 rings (SSSR count). The predicted octanol–water partition coefficient (Wildman–Crippen LogP) is -0.0696. The number of imide groups is 1. The van der Waals surface area contributed by atoms with Crippen molar-refractivity contribution >= 4 is 28.8 Å². The van der Waals surface area contributed by atoms with E-state index in [-0.39, 0.29) is 43.4 Å². The quantitative estimate of drug-likeness (QED) is 0.675. The number of hydrogen-bond acceptors (Lipinski definition) is 5. The van der Waals surface area contributed by atoms with Crippen molar-refractivity contribution in [2.45, 2.75) is 37.4 Å². The van der Waals surface area contributed by atoms with Crippen LogP contribution in [0.15, 0.2) is 23.0 Å². The van der Waals surface area contributed by atoms with Crippen LogP contribution in [0.2, 0.25) is 0 Å². The van der Waals surface area contributed by atoms with Gasteiger partial charge in [-0.3, -0.25) is 33.7 Å². The molecule has 0 saturated carbocycles. The molecule has 30 heavy (non-hydrogen) atoms. The fraction of sp³-hybridized carbons (Fsp3) is 0.500. The zero-order chi connectivity index (χ0) is 21.6. The maximum absolute atomic E-state index is 14.8. The highest BCUT2D eigenvalue weighted by atomic mass is 19.1. The van der Waals surface area contributed by atoms with Crippen LogP contribution in [0.3, 0.4) is 0 Å². The summed E-state index contributed by atoms with van der Waals surface area (Å²) in [6.07, 6.45) is -0.201. The molecule has 2 aromatic rings. The van der Waals surface area contributed by atoms with E-state index < -0.39 is 24.0 Å². The lowest BCUT2D eigenvalue weighted by Gasteiger charge is -2.34. The van der Waals surface area contributed by atoms with Crippen LogP contribution < -0.4 is 16.7 Å². The van der Waals surface area contributed by atoms with Crippen molar-refractivity contribution in [1.29, 1.82) is 0 Å².